The summed E-state index contributed by atoms with van der Waals surface area (Å²) < 4.78 is 15.4. The molecule has 1 aromatic carbocycles. The Morgan fingerprint density at radius 1 is 1.22 bits per heavy atom. The second-order valence-electron chi connectivity index (χ2n) is 5.03. The highest BCUT2D eigenvalue weighted by Gasteiger charge is 2.19. The zero-order valence-electron chi connectivity index (χ0n) is 13.1. The average molecular weight is 317 g/mol. The topological polar surface area (TPSA) is 77.8 Å². The van der Waals surface area contributed by atoms with E-state index in [1.807, 2.05) is 30.3 Å². The van der Waals surface area contributed by atoms with Gasteiger partial charge in [0, 0.05) is 11.6 Å². The molecule has 1 atom stereocenters. The van der Waals surface area contributed by atoms with Crippen molar-refractivity contribution >= 4 is 11.9 Å². The maximum atomic E-state index is 12.2. The molecule has 6 nitrogen and oxygen atoms in total. The van der Waals surface area contributed by atoms with Gasteiger partial charge in [0.2, 0.25) is 0 Å². The second-order valence-corrected chi connectivity index (χ2v) is 5.03. The first-order chi connectivity index (χ1) is 11.1. The summed E-state index contributed by atoms with van der Waals surface area (Å²) in [4.78, 5) is 23.4. The molecule has 1 amide bonds. The number of hydrogen-bond donors (Lipinski definition) is 1. The highest BCUT2D eigenvalue weighted by atomic mass is 16.5. The SMILES string of the molecule is COC(=O)CC(C)NC(=O)c1occc1COc1ccccc1. The van der Waals surface area contributed by atoms with E-state index in [1.165, 1.54) is 13.4 Å². The Balaban J connectivity index is 1.94. The molecular formula is C17H19NO5. The third kappa shape index (κ3) is 4.88. The Morgan fingerprint density at radius 3 is 2.65 bits per heavy atom. The third-order valence-corrected chi connectivity index (χ3v) is 3.17. The average Bonchev–Trinajstić information content (AvgIpc) is 3.02. The van der Waals surface area contributed by atoms with Crippen LogP contribution in [0.2, 0.25) is 0 Å². The Kier molecular flexibility index (Phi) is 5.80. The minimum absolute atomic E-state index is 0.0960. The van der Waals surface area contributed by atoms with Gasteiger partial charge in [0.05, 0.1) is 19.8 Å². The number of nitrogens with one attached hydrogen (secondary N) is 1. The highest BCUT2D eigenvalue weighted by molar-refractivity contribution is 5.93. The molecule has 1 aromatic heterocycles. The summed E-state index contributed by atoms with van der Waals surface area (Å²) in [6.45, 7) is 1.94. The predicted octanol–water partition coefficient (Wildman–Crippen LogP) is 2.54. The molecule has 2 rings (SSSR count). The zero-order chi connectivity index (χ0) is 16.7. The van der Waals surface area contributed by atoms with Gasteiger partial charge in [-0.15, -0.1) is 0 Å². The summed E-state index contributed by atoms with van der Waals surface area (Å²) in [5.74, 6) is 0.111. The minimum atomic E-state index is -0.391. The Morgan fingerprint density at radius 2 is 1.96 bits per heavy atom. The number of para-hydroxylation sites is 1. The highest BCUT2D eigenvalue weighted by Crippen LogP contribution is 2.16. The van der Waals surface area contributed by atoms with Crippen LogP contribution in [0.15, 0.2) is 47.1 Å². The smallest absolute Gasteiger partial charge is 0.307 e. The summed E-state index contributed by atoms with van der Waals surface area (Å²) in [5.41, 5.74) is 0.636. The van der Waals surface area contributed by atoms with E-state index in [-0.39, 0.29) is 30.8 Å². The van der Waals surface area contributed by atoms with E-state index < -0.39 is 5.91 Å². The summed E-state index contributed by atoms with van der Waals surface area (Å²) in [7, 11) is 1.31. The molecule has 1 N–H and O–H groups in total. The molecule has 0 saturated heterocycles. The maximum Gasteiger partial charge on any atom is 0.307 e. The first kappa shape index (κ1) is 16.6. The van der Waals surface area contributed by atoms with Crippen molar-refractivity contribution in [3.05, 3.63) is 54.0 Å². The fraction of sp³-hybridized carbons (Fsp3) is 0.294. The van der Waals surface area contributed by atoms with E-state index >= 15 is 0 Å². The number of carbonyl (C=O) groups excluding carboxylic acids is 2. The van der Waals surface area contributed by atoms with E-state index in [4.69, 9.17) is 9.15 Å². The summed E-state index contributed by atoms with van der Waals surface area (Å²) in [6.07, 6.45) is 1.53. The van der Waals surface area contributed by atoms with Crippen LogP contribution in [0.25, 0.3) is 0 Å². The number of benzene rings is 1. The van der Waals surface area contributed by atoms with Crippen LogP contribution in [-0.2, 0) is 16.1 Å². The Bertz CT molecular complexity index is 650. The van der Waals surface area contributed by atoms with Crippen LogP contribution < -0.4 is 10.1 Å². The van der Waals surface area contributed by atoms with Crippen molar-refractivity contribution in [3.8, 4) is 5.75 Å². The van der Waals surface area contributed by atoms with Gasteiger partial charge in [-0.25, -0.2) is 0 Å². The lowest BCUT2D eigenvalue weighted by Gasteiger charge is -2.12. The van der Waals surface area contributed by atoms with Crippen LogP contribution in [0.3, 0.4) is 0 Å². The number of methoxy groups -OCH3 is 1. The molecule has 0 radical (unpaired) electrons. The molecule has 0 saturated carbocycles. The monoisotopic (exact) mass is 317 g/mol. The van der Waals surface area contributed by atoms with E-state index in [0.717, 1.165) is 0 Å². The van der Waals surface area contributed by atoms with Gasteiger partial charge >= 0.3 is 5.97 Å². The standard InChI is InChI=1S/C17H19NO5/c1-12(10-15(19)21-2)18-17(20)16-13(8-9-22-16)11-23-14-6-4-3-5-7-14/h3-9,12H,10-11H2,1-2H3,(H,18,20). The molecule has 0 aliphatic carbocycles. The number of ether oxygens (including phenoxy) is 2. The fourth-order valence-corrected chi connectivity index (χ4v) is 2.00. The summed E-state index contributed by atoms with van der Waals surface area (Å²) in [5, 5.41) is 2.70. The third-order valence-electron chi connectivity index (χ3n) is 3.17. The summed E-state index contributed by atoms with van der Waals surface area (Å²) >= 11 is 0. The molecule has 122 valence electrons. The number of furan rings is 1. The molecule has 23 heavy (non-hydrogen) atoms. The van der Waals surface area contributed by atoms with Crippen molar-refractivity contribution in [2.24, 2.45) is 0 Å². The van der Waals surface area contributed by atoms with Crippen molar-refractivity contribution in [1.29, 1.82) is 0 Å². The normalized spacial score (nSPS) is 11.6. The Hall–Kier alpha value is -2.76. The molecule has 0 aliphatic rings. The van der Waals surface area contributed by atoms with Crippen LogP contribution in [0, 0.1) is 0 Å². The molecular weight excluding hydrogens is 298 g/mol. The molecule has 0 spiro atoms. The van der Waals surface area contributed by atoms with Crippen LogP contribution in [0.5, 0.6) is 5.75 Å². The van der Waals surface area contributed by atoms with E-state index in [0.29, 0.717) is 11.3 Å². The van der Waals surface area contributed by atoms with Gasteiger partial charge in [-0.05, 0) is 25.1 Å². The first-order valence-electron chi connectivity index (χ1n) is 7.22. The van der Waals surface area contributed by atoms with E-state index in [2.05, 4.69) is 10.1 Å². The van der Waals surface area contributed by atoms with Gasteiger partial charge in [-0.1, -0.05) is 18.2 Å². The number of rotatable bonds is 7. The molecule has 0 aliphatic heterocycles. The van der Waals surface area contributed by atoms with Crippen LogP contribution in [-0.4, -0.2) is 25.0 Å². The molecule has 1 heterocycles. The molecule has 2 aromatic rings. The number of carbonyl (C=O) groups is 2. The quantitative estimate of drug-likeness (QED) is 0.794. The van der Waals surface area contributed by atoms with Crippen LogP contribution in [0.1, 0.15) is 29.5 Å². The lowest BCUT2D eigenvalue weighted by Crippen LogP contribution is -2.34. The number of hydrogen-bond acceptors (Lipinski definition) is 5. The number of esters is 1. The van der Waals surface area contributed by atoms with Gasteiger partial charge in [0.25, 0.3) is 5.91 Å². The first-order valence-corrected chi connectivity index (χ1v) is 7.22. The molecule has 6 heteroatoms. The van der Waals surface area contributed by atoms with Crippen LogP contribution >= 0.6 is 0 Å². The largest absolute Gasteiger partial charge is 0.489 e. The molecule has 0 fully saturated rings. The van der Waals surface area contributed by atoms with Crippen molar-refractivity contribution in [1.82, 2.24) is 5.32 Å². The van der Waals surface area contributed by atoms with Gasteiger partial charge in [-0.3, -0.25) is 9.59 Å². The van der Waals surface area contributed by atoms with Crippen molar-refractivity contribution < 1.29 is 23.5 Å². The van der Waals surface area contributed by atoms with E-state index in [9.17, 15) is 9.59 Å². The van der Waals surface area contributed by atoms with Crippen molar-refractivity contribution in [2.45, 2.75) is 26.0 Å². The zero-order valence-corrected chi connectivity index (χ0v) is 13.1. The van der Waals surface area contributed by atoms with E-state index in [1.54, 1.807) is 13.0 Å². The Labute approximate surface area is 134 Å². The second kappa shape index (κ2) is 8.03. The van der Waals surface area contributed by atoms with Gasteiger partial charge in [0.15, 0.2) is 5.76 Å². The lowest BCUT2D eigenvalue weighted by atomic mass is 10.2. The van der Waals surface area contributed by atoms with Gasteiger partial charge < -0.3 is 19.2 Å². The van der Waals surface area contributed by atoms with Crippen LogP contribution in [0.4, 0.5) is 0 Å². The molecule has 1 unspecified atom stereocenters. The van der Waals surface area contributed by atoms with Gasteiger partial charge in [0.1, 0.15) is 12.4 Å². The van der Waals surface area contributed by atoms with Crippen molar-refractivity contribution in [3.63, 3.8) is 0 Å². The fourth-order valence-electron chi connectivity index (χ4n) is 2.00. The van der Waals surface area contributed by atoms with Gasteiger partial charge in [-0.2, -0.15) is 0 Å². The lowest BCUT2D eigenvalue weighted by molar-refractivity contribution is -0.141. The molecule has 0 bridgehead atoms. The summed E-state index contributed by atoms with van der Waals surface area (Å²) in [6, 6.07) is 10.6. The predicted molar refractivity (Wildman–Crippen MR) is 83.0 cm³/mol. The number of amides is 1. The van der Waals surface area contributed by atoms with Crippen molar-refractivity contribution in [2.75, 3.05) is 7.11 Å². The minimum Gasteiger partial charge on any atom is -0.489 e. The maximum absolute atomic E-state index is 12.2.